The first-order valence-electron chi connectivity index (χ1n) is 9.21. The highest BCUT2D eigenvalue weighted by Crippen LogP contribution is 2.19. The Morgan fingerprint density at radius 2 is 1.81 bits per heavy atom. The number of aromatic nitrogens is 2. The van der Waals surface area contributed by atoms with Gasteiger partial charge in [-0.1, -0.05) is 13.3 Å². The molecule has 1 unspecified atom stereocenters. The average molecular weight is 477 g/mol. The van der Waals surface area contributed by atoms with Crippen LogP contribution in [0.1, 0.15) is 43.0 Å². The van der Waals surface area contributed by atoms with Crippen LogP contribution in [-0.4, -0.2) is 74.5 Å². The monoisotopic (exact) mass is 477 g/mol. The number of carboxylic acids is 3. The molecule has 0 fully saturated rings. The minimum Gasteiger partial charge on any atom is -0.481 e. The summed E-state index contributed by atoms with van der Waals surface area (Å²) in [5.74, 6) is -4.17. The van der Waals surface area contributed by atoms with E-state index in [4.69, 9.17) is 15.3 Å². The Morgan fingerprint density at radius 3 is 2.34 bits per heavy atom. The van der Waals surface area contributed by atoms with Gasteiger partial charge in [0.2, 0.25) is 0 Å². The highest BCUT2D eigenvalue weighted by atomic mass is 32.2. The molecule has 0 saturated carbocycles. The highest BCUT2D eigenvalue weighted by molar-refractivity contribution is 7.94. The summed E-state index contributed by atoms with van der Waals surface area (Å²) in [4.78, 5) is 53.5. The molecule has 32 heavy (non-hydrogen) atoms. The predicted octanol–water partition coefficient (Wildman–Crippen LogP) is 0.671. The number of carboxylic acid groups (broad SMARTS) is 3. The van der Waals surface area contributed by atoms with Crippen molar-refractivity contribution >= 4 is 42.0 Å². The molecule has 0 saturated heterocycles. The second kappa shape index (κ2) is 16.2. The van der Waals surface area contributed by atoms with Crippen LogP contribution >= 0.6 is 12.1 Å². The van der Waals surface area contributed by atoms with Crippen molar-refractivity contribution in [1.29, 1.82) is 0 Å². The molecule has 0 aromatic carbocycles. The number of halogens is 1. The van der Waals surface area contributed by atoms with Crippen LogP contribution in [0.25, 0.3) is 0 Å². The predicted molar refractivity (Wildman–Crippen MR) is 109 cm³/mol. The summed E-state index contributed by atoms with van der Waals surface area (Å²) in [5.41, 5.74) is 0.230. The summed E-state index contributed by atoms with van der Waals surface area (Å²) in [6.07, 6.45) is 2.57. The largest absolute Gasteiger partial charge is 0.481 e. The number of hydrogen-bond donors (Lipinski definition) is 6. The molecular formula is C17H24FN5O8S. The molecule has 1 heterocycles. The van der Waals surface area contributed by atoms with Gasteiger partial charge in [-0.25, -0.2) is 9.59 Å². The molecule has 0 aliphatic rings. The number of amides is 3. The Labute approximate surface area is 186 Å². The number of hydrogen-bond acceptors (Lipinski definition) is 8. The van der Waals surface area contributed by atoms with E-state index in [1.807, 2.05) is 17.6 Å². The zero-order chi connectivity index (χ0) is 24.5. The van der Waals surface area contributed by atoms with Crippen LogP contribution in [0.15, 0.2) is 17.3 Å². The summed E-state index contributed by atoms with van der Waals surface area (Å²) in [6, 6.07) is -0.902. The minimum atomic E-state index is -1.39. The van der Waals surface area contributed by atoms with E-state index in [1.165, 1.54) is 12.3 Å². The first-order valence-corrected chi connectivity index (χ1v) is 9.93. The van der Waals surface area contributed by atoms with Crippen LogP contribution in [0.2, 0.25) is 0 Å². The molecule has 0 aliphatic heterocycles. The number of carbonyl (C=O) groups is 5. The van der Waals surface area contributed by atoms with Gasteiger partial charge < -0.3 is 31.3 Å². The summed E-state index contributed by atoms with van der Waals surface area (Å²) in [5, 5.41) is 38.8. The van der Waals surface area contributed by atoms with E-state index in [9.17, 15) is 27.9 Å². The Bertz CT molecular complexity index is 798. The maximum Gasteiger partial charge on any atom is 0.326 e. The van der Waals surface area contributed by atoms with Crippen LogP contribution < -0.4 is 16.0 Å². The van der Waals surface area contributed by atoms with Gasteiger partial charge >= 0.3 is 23.9 Å². The van der Waals surface area contributed by atoms with Crippen molar-refractivity contribution < 1.29 is 43.2 Å². The molecule has 0 bridgehead atoms. The van der Waals surface area contributed by atoms with E-state index in [0.717, 1.165) is 12.8 Å². The lowest BCUT2D eigenvalue weighted by Gasteiger charge is -2.13. The van der Waals surface area contributed by atoms with Gasteiger partial charge in [-0.05, 0) is 18.9 Å². The molecule has 0 aliphatic carbocycles. The van der Waals surface area contributed by atoms with Gasteiger partial charge in [0.25, 0.3) is 5.91 Å². The van der Waals surface area contributed by atoms with E-state index < -0.39 is 42.9 Å². The number of rotatable bonds is 12. The van der Waals surface area contributed by atoms with Gasteiger partial charge in [0.05, 0.1) is 11.8 Å². The van der Waals surface area contributed by atoms with Gasteiger partial charge in [-0.2, -0.15) is 8.98 Å². The van der Waals surface area contributed by atoms with E-state index in [1.54, 1.807) is 0 Å². The molecule has 178 valence electrons. The first-order chi connectivity index (χ1) is 15.1. The lowest BCUT2D eigenvalue weighted by atomic mass is 10.1. The van der Waals surface area contributed by atoms with Crippen molar-refractivity contribution in [2.75, 3.05) is 13.1 Å². The van der Waals surface area contributed by atoms with Gasteiger partial charge in [-0.3, -0.25) is 14.4 Å². The third-order valence-electron chi connectivity index (χ3n) is 3.47. The van der Waals surface area contributed by atoms with Crippen molar-refractivity contribution in [3.8, 4) is 0 Å². The summed E-state index contributed by atoms with van der Waals surface area (Å²) >= 11 is -0.0715. The highest BCUT2D eigenvalue weighted by Gasteiger charge is 2.20. The number of urea groups is 1. The molecule has 1 aromatic rings. The van der Waals surface area contributed by atoms with Gasteiger partial charge in [0.1, 0.15) is 24.7 Å². The summed E-state index contributed by atoms with van der Waals surface area (Å²) in [7, 11) is 0. The van der Waals surface area contributed by atoms with Crippen LogP contribution in [0.5, 0.6) is 0 Å². The second-order valence-corrected chi connectivity index (χ2v) is 6.52. The molecule has 1 rings (SSSR count). The van der Waals surface area contributed by atoms with Crippen molar-refractivity contribution in [2.45, 2.75) is 43.7 Å². The Balaban J connectivity index is 0.000000604. The van der Waals surface area contributed by atoms with Gasteiger partial charge in [0.15, 0.2) is 5.03 Å². The molecule has 3 amide bonds. The third kappa shape index (κ3) is 12.9. The van der Waals surface area contributed by atoms with Gasteiger partial charge in [-0.15, -0.1) is 5.10 Å². The summed E-state index contributed by atoms with van der Waals surface area (Å²) < 4.78 is 12.4. The van der Waals surface area contributed by atoms with Crippen molar-refractivity contribution in [3.05, 3.63) is 17.8 Å². The lowest BCUT2D eigenvalue weighted by Crippen LogP contribution is -2.47. The van der Waals surface area contributed by atoms with Crippen LogP contribution in [0, 0.1) is 0 Å². The van der Waals surface area contributed by atoms with Crippen LogP contribution in [0.3, 0.4) is 0 Å². The SMILES string of the molecule is CCCCNC(=O)c1ccnnc1SF.O=C(O)CCC(NC(=O)NCC(=O)O)C(=O)O. The topological polar surface area (TPSA) is 208 Å². The molecule has 1 aromatic heterocycles. The van der Waals surface area contributed by atoms with Crippen molar-refractivity contribution in [3.63, 3.8) is 0 Å². The molecular weight excluding hydrogens is 453 g/mol. The number of carbonyl (C=O) groups excluding carboxylic acids is 2. The molecule has 6 N–H and O–H groups in total. The third-order valence-corrected chi connectivity index (χ3v) is 3.92. The van der Waals surface area contributed by atoms with E-state index >= 15 is 0 Å². The van der Waals surface area contributed by atoms with Crippen molar-refractivity contribution in [1.82, 2.24) is 26.1 Å². The maximum absolute atomic E-state index is 12.4. The fourth-order valence-corrected chi connectivity index (χ4v) is 2.23. The number of nitrogens with one attached hydrogen (secondary N) is 3. The van der Waals surface area contributed by atoms with E-state index in [2.05, 4.69) is 15.5 Å². The molecule has 13 nitrogen and oxygen atoms in total. The summed E-state index contributed by atoms with van der Waals surface area (Å²) in [6.45, 7) is 1.97. The smallest absolute Gasteiger partial charge is 0.326 e. The minimum absolute atomic E-state index is 0.00602. The lowest BCUT2D eigenvalue weighted by molar-refractivity contribution is -0.140. The Morgan fingerprint density at radius 1 is 1.12 bits per heavy atom. The molecule has 15 heteroatoms. The zero-order valence-electron chi connectivity index (χ0n) is 17.0. The number of unbranched alkanes of at least 4 members (excludes halogenated alkanes) is 1. The van der Waals surface area contributed by atoms with E-state index in [-0.39, 0.29) is 35.1 Å². The fraction of sp³-hybridized carbons (Fsp3) is 0.471. The normalized spacial score (nSPS) is 10.7. The quantitative estimate of drug-likeness (QED) is 0.230. The Hall–Kier alpha value is -3.49. The second-order valence-electron chi connectivity index (χ2n) is 5.98. The van der Waals surface area contributed by atoms with E-state index in [0.29, 0.717) is 6.54 Å². The Kier molecular flexibility index (Phi) is 14.5. The first kappa shape index (κ1) is 28.5. The number of aliphatic carboxylic acids is 3. The van der Waals surface area contributed by atoms with Crippen LogP contribution in [0.4, 0.5) is 8.68 Å². The van der Waals surface area contributed by atoms with Gasteiger partial charge in [0, 0.05) is 13.0 Å². The molecule has 0 spiro atoms. The maximum atomic E-state index is 12.4. The molecule has 0 radical (unpaired) electrons. The van der Waals surface area contributed by atoms with Crippen LogP contribution in [-0.2, 0) is 14.4 Å². The standard InChI is InChI=1S/C9H12FN3OS.C8H12N2O7/c1-2-3-5-11-8(14)7-4-6-12-13-9(7)15-10;11-5(12)2-1-4(7(15)16)10-8(17)9-3-6(13)14/h4,6H,2-3,5H2,1H3,(H,11,14);4H,1-3H2,(H,11,12)(H,13,14)(H,15,16)(H2,9,10,17). The van der Waals surface area contributed by atoms with Crippen molar-refractivity contribution in [2.24, 2.45) is 0 Å². The average Bonchev–Trinajstić information content (AvgIpc) is 2.75. The fourth-order valence-electron chi connectivity index (χ4n) is 1.91. The zero-order valence-corrected chi connectivity index (χ0v) is 17.9. The number of nitrogens with zero attached hydrogens (tertiary/aromatic N) is 2. The molecule has 1 atom stereocenters.